The molecule has 2 nitrogen and oxygen atoms in total. The lowest BCUT2D eigenvalue weighted by molar-refractivity contribution is 0.272. The Balaban J connectivity index is 2.70. The van der Waals surface area contributed by atoms with Crippen LogP contribution in [-0.2, 0) is 0 Å². The van der Waals surface area contributed by atoms with Crippen LogP contribution in [0.5, 0.6) is 5.75 Å². The number of hydrogen-bond donors (Lipinski definition) is 1. The van der Waals surface area contributed by atoms with Gasteiger partial charge in [-0.15, -0.1) is 0 Å². The molecule has 3 heteroatoms. The van der Waals surface area contributed by atoms with Crippen LogP contribution in [0.15, 0.2) is 22.7 Å². The summed E-state index contributed by atoms with van der Waals surface area (Å²) in [7, 11) is 0. The molecule has 0 unspecified atom stereocenters. The van der Waals surface area contributed by atoms with Gasteiger partial charge in [0, 0.05) is 4.47 Å². The SMILES string of the molecule is CC(C)COc1cc(Br)ccc1N. The monoisotopic (exact) mass is 243 g/mol. The van der Waals surface area contributed by atoms with Crippen molar-refractivity contribution in [1.29, 1.82) is 0 Å². The van der Waals surface area contributed by atoms with E-state index < -0.39 is 0 Å². The predicted octanol–water partition coefficient (Wildman–Crippen LogP) is 3.07. The standard InChI is InChI=1S/C10H14BrNO/c1-7(2)6-13-10-5-8(11)3-4-9(10)12/h3-5,7H,6,12H2,1-2H3. The summed E-state index contributed by atoms with van der Waals surface area (Å²) in [6.45, 7) is 4.91. The minimum Gasteiger partial charge on any atom is -0.491 e. The third kappa shape index (κ3) is 3.27. The van der Waals surface area contributed by atoms with Gasteiger partial charge in [0.15, 0.2) is 0 Å². The molecule has 0 amide bonds. The first-order chi connectivity index (χ1) is 6.09. The summed E-state index contributed by atoms with van der Waals surface area (Å²) in [5, 5.41) is 0. The fraction of sp³-hybridized carbons (Fsp3) is 0.400. The maximum absolute atomic E-state index is 5.73. The lowest BCUT2D eigenvalue weighted by Gasteiger charge is -2.10. The van der Waals surface area contributed by atoms with Gasteiger partial charge in [-0.2, -0.15) is 0 Å². The first-order valence-corrected chi connectivity index (χ1v) is 5.06. The van der Waals surface area contributed by atoms with Gasteiger partial charge in [-0.3, -0.25) is 0 Å². The Kier molecular flexibility index (Phi) is 3.60. The number of anilines is 1. The van der Waals surface area contributed by atoms with Crippen molar-refractivity contribution in [2.24, 2.45) is 5.92 Å². The van der Waals surface area contributed by atoms with Gasteiger partial charge in [0.2, 0.25) is 0 Å². The number of ether oxygens (including phenoxy) is 1. The van der Waals surface area contributed by atoms with Crippen LogP contribution in [0, 0.1) is 5.92 Å². The van der Waals surface area contributed by atoms with E-state index in [0.717, 1.165) is 10.2 Å². The predicted molar refractivity (Wildman–Crippen MR) is 58.9 cm³/mol. The smallest absolute Gasteiger partial charge is 0.143 e. The summed E-state index contributed by atoms with van der Waals surface area (Å²) in [5.74, 6) is 1.27. The quantitative estimate of drug-likeness (QED) is 0.829. The normalized spacial score (nSPS) is 10.5. The second-order valence-electron chi connectivity index (χ2n) is 3.39. The Hall–Kier alpha value is -0.700. The highest BCUT2D eigenvalue weighted by Gasteiger charge is 2.02. The second kappa shape index (κ2) is 4.51. The van der Waals surface area contributed by atoms with Gasteiger partial charge in [0.25, 0.3) is 0 Å². The first-order valence-electron chi connectivity index (χ1n) is 4.27. The van der Waals surface area contributed by atoms with Crippen molar-refractivity contribution in [3.8, 4) is 5.75 Å². The lowest BCUT2D eigenvalue weighted by atomic mass is 10.2. The number of nitrogens with two attached hydrogens (primary N) is 1. The van der Waals surface area contributed by atoms with E-state index in [4.69, 9.17) is 10.5 Å². The van der Waals surface area contributed by atoms with Crippen molar-refractivity contribution in [2.45, 2.75) is 13.8 Å². The molecule has 0 saturated heterocycles. The number of nitrogen functional groups attached to an aromatic ring is 1. The highest BCUT2D eigenvalue weighted by molar-refractivity contribution is 9.10. The molecular formula is C10H14BrNO. The molecule has 0 radical (unpaired) electrons. The topological polar surface area (TPSA) is 35.2 Å². The molecule has 0 aliphatic heterocycles. The summed E-state index contributed by atoms with van der Waals surface area (Å²) >= 11 is 3.37. The Bertz CT molecular complexity index is 286. The van der Waals surface area contributed by atoms with Crippen LogP contribution < -0.4 is 10.5 Å². The lowest BCUT2D eigenvalue weighted by Crippen LogP contribution is -2.06. The zero-order valence-electron chi connectivity index (χ0n) is 7.88. The molecule has 0 aliphatic rings. The van der Waals surface area contributed by atoms with Crippen LogP contribution in [0.1, 0.15) is 13.8 Å². The van der Waals surface area contributed by atoms with Gasteiger partial charge < -0.3 is 10.5 Å². The molecule has 0 aliphatic carbocycles. The van der Waals surface area contributed by atoms with Crippen LogP contribution in [-0.4, -0.2) is 6.61 Å². The molecule has 0 spiro atoms. The van der Waals surface area contributed by atoms with Gasteiger partial charge in [0.05, 0.1) is 12.3 Å². The van der Waals surface area contributed by atoms with Gasteiger partial charge in [0.1, 0.15) is 5.75 Å². The summed E-state index contributed by atoms with van der Waals surface area (Å²) in [6, 6.07) is 5.62. The first kappa shape index (κ1) is 10.4. The van der Waals surface area contributed by atoms with Crippen molar-refractivity contribution in [1.82, 2.24) is 0 Å². The zero-order chi connectivity index (χ0) is 9.84. The molecule has 72 valence electrons. The van der Waals surface area contributed by atoms with E-state index in [-0.39, 0.29) is 0 Å². The van der Waals surface area contributed by atoms with Crippen LogP contribution in [0.2, 0.25) is 0 Å². The molecule has 1 aromatic rings. The highest BCUT2D eigenvalue weighted by Crippen LogP contribution is 2.25. The molecule has 0 fully saturated rings. The van der Waals surface area contributed by atoms with Crippen LogP contribution in [0.3, 0.4) is 0 Å². The molecule has 13 heavy (non-hydrogen) atoms. The Morgan fingerprint density at radius 1 is 1.46 bits per heavy atom. The van der Waals surface area contributed by atoms with Gasteiger partial charge >= 0.3 is 0 Å². The summed E-state index contributed by atoms with van der Waals surface area (Å²) in [6.07, 6.45) is 0. The maximum atomic E-state index is 5.73. The van der Waals surface area contributed by atoms with E-state index in [1.54, 1.807) is 0 Å². The minimum atomic E-state index is 0.512. The second-order valence-corrected chi connectivity index (χ2v) is 4.30. The number of benzene rings is 1. The van der Waals surface area contributed by atoms with E-state index in [1.165, 1.54) is 0 Å². The molecule has 0 atom stereocenters. The van der Waals surface area contributed by atoms with Crippen molar-refractivity contribution in [3.05, 3.63) is 22.7 Å². The largest absolute Gasteiger partial charge is 0.491 e. The number of rotatable bonds is 3. The average Bonchev–Trinajstić information content (AvgIpc) is 2.06. The van der Waals surface area contributed by atoms with Crippen molar-refractivity contribution in [3.63, 3.8) is 0 Å². The van der Waals surface area contributed by atoms with Crippen molar-refractivity contribution in [2.75, 3.05) is 12.3 Å². The molecule has 1 rings (SSSR count). The minimum absolute atomic E-state index is 0.512. The van der Waals surface area contributed by atoms with Crippen molar-refractivity contribution >= 4 is 21.6 Å². The molecule has 1 aromatic carbocycles. The van der Waals surface area contributed by atoms with Gasteiger partial charge in [-0.05, 0) is 24.1 Å². The molecule has 0 saturated carbocycles. The summed E-state index contributed by atoms with van der Waals surface area (Å²) in [5.41, 5.74) is 6.41. The van der Waals surface area contributed by atoms with Crippen LogP contribution in [0.4, 0.5) is 5.69 Å². The van der Waals surface area contributed by atoms with E-state index in [9.17, 15) is 0 Å². The Morgan fingerprint density at radius 2 is 2.15 bits per heavy atom. The molecule has 2 N–H and O–H groups in total. The zero-order valence-corrected chi connectivity index (χ0v) is 9.47. The Morgan fingerprint density at radius 3 is 2.77 bits per heavy atom. The van der Waals surface area contributed by atoms with E-state index in [1.807, 2.05) is 18.2 Å². The maximum Gasteiger partial charge on any atom is 0.143 e. The molecular weight excluding hydrogens is 230 g/mol. The van der Waals surface area contributed by atoms with Crippen LogP contribution in [0.25, 0.3) is 0 Å². The number of halogens is 1. The van der Waals surface area contributed by atoms with Gasteiger partial charge in [-0.1, -0.05) is 29.8 Å². The average molecular weight is 244 g/mol. The molecule has 0 bridgehead atoms. The summed E-state index contributed by atoms with van der Waals surface area (Å²) < 4.78 is 6.51. The van der Waals surface area contributed by atoms with Crippen molar-refractivity contribution < 1.29 is 4.74 Å². The van der Waals surface area contributed by atoms with Crippen LogP contribution >= 0.6 is 15.9 Å². The van der Waals surface area contributed by atoms with E-state index in [0.29, 0.717) is 18.2 Å². The van der Waals surface area contributed by atoms with E-state index in [2.05, 4.69) is 29.8 Å². The third-order valence-electron chi connectivity index (χ3n) is 1.55. The van der Waals surface area contributed by atoms with Gasteiger partial charge in [-0.25, -0.2) is 0 Å². The highest BCUT2D eigenvalue weighted by atomic mass is 79.9. The Labute approximate surface area is 87.2 Å². The fourth-order valence-electron chi connectivity index (χ4n) is 0.890. The van der Waals surface area contributed by atoms with E-state index >= 15 is 0 Å². The number of hydrogen-bond acceptors (Lipinski definition) is 2. The summed E-state index contributed by atoms with van der Waals surface area (Å²) in [4.78, 5) is 0. The fourth-order valence-corrected chi connectivity index (χ4v) is 1.23. The molecule has 0 aromatic heterocycles. The third-order valence-corrected chi connectivity index (χ3v) is 2.04. The molecule has 0 heterocycles.